The molecule has 2 rings (SSSR count). The molecule has 0 saturated carbocycles. The summed E-state index contributed by atoms with van der Waals surface area (Å²) >= 11 is 6.08. The summed E-state index contributed by atoms with van der Waals surface area (Å²) in [5.74, 6) is 1.84. The Morgan fingerprint density at radius 1 is 1.24 bits per heavy atom. The molecule has 0 atom stereocenters. The first kappa shape index (κ1) is 12.0. The molecule has 0 aliphatic carbocycles. The molecule has 0 aliphatic heterocycles. The maximum absolute atomic E-state index is 6.08. The fraction of sp³-hybridized carbons (Fsp3) is 0.231. The van der Waals surface area contributed by atoms with Crippen LogP contribution in [0.15, 0.2) is 28.7 Å². The molecule has 4 heteroatoms. The van der Waals surface area contributed by atoms with E-state index in [1.165, 1.54) is 0 Å². The predicted molar refractivity (Wildman–Crippen MR) is 67.6 cm³/mol. The topological polar surface area (TPSA) is 48.4 Å². The third kappa shape index (κ3) is 2.62. The predicted octanol–water partition coefficient (Wildman–Crippen LogP) is 3.80. The van der Waals surface area contributed by atoms with Gasteiger partial charge in [-0.05, 0) is 43.2 Å². The van der Waals surface area contributed by atoms with Gasteiger partial charge >= 0.3 is 0 Å². The van der Waals surface area contributed by atoms with E-state index in [1.54, 1.807) is 12.1 Å². The van der Waals surface area contributed by atoms with Crippen molar-refractivity contribution in [3.05, 3.63) is 46.2 Å². The SMILES string of the molecule is Cc1cc(Oc2ccc(CN)o2)cc(C)c1Cl. The summed E-state index contributed by atoms with van der Waals surface area (Å²) in [6.07, 6.45) is 0. The first-order chi connectivity index (χ1) is 8.10. The van der Waals surface area contributed by atoms with Crippen LogP contribution >= 0.6 is 11.6 Å². The zero-order valence-electron chi connectivity index (χ0n) is 9.79. The summed E-state index contributed by atoms with van der Waals surface area (Å²) in [7, 11) is 0. The second-order valence-corrected chi connectivity index (χ2v) is 4.28. The molecule has 1 aromatic carbocycles. The molecule has 0 aliphatic rings. The van der Waals surface area contributed by atoms with Gasteiger partial charge in [0.15, 0.2) is 0 Å². The monoisotopic (exact) mass is 251 g/mol. The first-order valence-corrected chi connectivity index (χ1v) is 5.71. The van der Waals surface area contributed by atoms with E-state index in [9.17, 15) is 0 Å². The van der Waals surface area contributed by atoms with Crippen molar-refractivity contribution in [2.24, 2.45) is 5.73 Å². The summed E-state index contributed by atoms with van der Waals surface area (Å²) < 4.78 is 11.0. The third-order valence-electron chi connectivity index (χ3n) is 2.47. The van der Waals surface area contributed by atoms with Crippen molar-refractivity contribution in [2.45, 2.75) is 20.4 Å². The van der Waals surface area contributed by atoms with E-state index in [0.717, 1.165) is 16.1 Å². The Kier molecular flexibility index (Phi) is 3.41. The molecule has 1 heterocycles. The van der Waals surface area contributed by atoms with Crippen LogP contribution in [0.3, 0.4) is 0 Å². The minimum absolute atomic E-state index is 0.363. The first-order valence-electron chi connectivity index (χ1n) is 5.33. The minimum Gasteiger partial charge on any atom is -0.429 e. The van der Waals surface area contributed by atoms with Gasteiger partial charge in [0.2, 0.25) is 0 Å². The molecule has 0 unspecified atom stereocenters. The maximum Gasteiger partial charge on any atom is 0.290 e. The van der Waals surface area contributed by atoms with Crippen LogP contribution in [0.2, 0.25) is 5.02 Å². The molecule has 0 spiro atoms. The molecule has 3 nitrogen and oxygen atoms in total. The highest BCUT2D eigenvalue weighted by Gasteiger charge is 2.07. The lowest BCUT2D eigenvalue weighted by Gasteiger charge is -2.07. The van der Waals surface area contributed by atoms with Crippen LogP contribution in [0.25, 0.3) is 0 Å². The van der Waals surface area contributed by atoms with Gasteiger partial charge in [-0.1, -0.05) is 11.6 Å². The Balaban J connectivity index is 2.24. The Morgan fingerprint density at radius 2 is 1.88 bits per heavy atom. The summed E-state index contributed by atoms with van der Waals surface area (Å²) in [6.45, 7) is 4.24. The van der Waals surface area contributed by atoms with Crippen molar-refractivity contribution < 1.29 is 9.15 Å². The number of aryl methyl sites for hydroxylation is 2. The molecular weight excluding hydrogens is 238 g/mol. The van der Waals surface area contributed by atoms with Gasteiger partial charge in [0.25, 0.3) is 5.95 Å². The van der Waals surface area contributed by atoms with Gasteiger partial charge in [0, 0.05) is 11.1 Å². The lowest BCUT2D eigenvalue weighted by Crippen LogP contribution is -1.92. The van der Waals surface area contributed by atoms with Crippen molar-refractivity contribution in [1.29, 1.82) is 0 Å². The van der Waals surface area contributed by atoms with Gasteiger partial charge in [-0.25, -0.2) is 0 Å². The Hall–Kier alpha value is -1.45. The van der Waals surface area contributed by atoms with Gasteiger partial charge in [-0.3, -0.25) is 0 Å². The van der Waals surface area contributed by atoms with Crippen molar-refractivity contribution >= 4 is 11.6 Å². The van der Waals surface area contributed by atoms with Gasteiger partial charge < -0.3 is 14.9 Å². The molecule has 2 N–H and O–H groups in total. The molecule has 17 heavy (non-hydrogen) atoms. The van der Waals surface area contributed by atoms with Crippen molar-refractivity contribution in [3.63, 3.8) is 0 Å². The van der Waals surface area contributed by atoms with Crippen molar-refractivity contribution in [1.82, 2.24) is 0 Å². The number of rotatable bonds is 3. The van der Waals surface area contributed by atoms with Crippen LogP contribution in [0.1, 0.15) is 16.9 Å². The van der Waals surface area contributed by atoms with Crippen LogP contribution in [0.5, 0.6) is 11.7 Å². The van der Waals surface area contributed by atoms with Gasteiger partial charge in [-0.2, -0.15) is 0 Å². The number of benzene rings is 1. The molecule has 90 valence electrons. The highest BCUT2D eigenvalue weighted by molar-refractivity contribution is 6.32. The van der Waals surface area contributed by atoms with Crippen molar-refractivity contribution in [3.8, 4) is 11.7 Å². The second kappa shape index (κ2) is 4.82. The zero-order chi connectivity index (χ0) is 12.4. The Morgan fingerprint density at radius 3 is 2.41 bits per heavy atom. The summed E-state index contributed by atoms with van der Waals surface area (Å²) in [5, 5.41) is 0.763. The van der Waals surface area contributed by atoms with Gasteiger partial charge in [-0.15, -0.1) is 0 Å². The van der Waals surface area contributed by atoms with Crippen LogP contribution in [-0.4, -0.2) is 0 Å². The largest absolute Gasteiger partial charge is 0.429 e. The molecule has 0 amide bonds. The molecule has 1 aromatic heterocycles. The van der Waals surface area contributed by atoms with E-state index < -0.39 is 0 Å². The molecule has 0 fully saturated rings. The maximum atomic E-state index is 6.08. The lowest BCUT2D eigenvalue weighted by molar-refractivity contribution is 0.332. The van der Waals surface area contributed by atoms with E-state index in [-0.39, 0.29) is 0 Å². The van der Waals surface area contributed by atoms with E-state index in [4.69, 9.17) is 26.5 Å². The zero-order valence-corrected chi connectivity index (χ0v) is 10.5. The Bertz CT molecular complexity index is 511. The number of furan rings is 1. The fourth-order valence-electron chi connectivity index (χ4n) is 1.60. The van der Waals surface area contributed by atoms with Crippen LogP contribution in [0.4, 0.5) is 0 Å². The Labute approximate surface area is 105 Å². The van der Waals surface area contributed by atoms with Crippen molar-refractivity contribution in [2.75, 3.05) is 0 Å². The number of hydrogen-bond donors (Lipinski definition) is 1. The average molecular weight is 252 g/mol. The standard InChI is InChI=1S/C13H14ClNO2/c1-8-5-11(6-9(2)13(8)14)17-12-4-3-10(7-15)16-12/h3-6H,7,15H2,1-2H3. The lowest BCUT2D eigenvalue weighted by atomic mass is 10.1. The normalized spacial score (nSPS) is 10.6. The van der Waals surface area contributed by atoms with E-state index in [1.807, 2.05) is 26.0 Å². The van der Waals surface area contributed by atoms with Crippen LogP contribution < -0.4 is 10.5 Å². The molecule has 0 saturated heterocycles. The summed E-state index contributed by atoms with van der Waals surface area (Å²) in [4.78, 5) is 0. The fourth-order valence-corrected chi connectivity index (χ4v) is 1.71. The highest BCUT2D eigenvalue weighted by atomic mass is 35.5. The number of ether oxygens (including phenoxy) is 1. The van der Waals surface area contributed by atoms with Crippen LogP contribution in [0, 0.1) is 13.8 Å². The van der Waals surface area contributed by atoms with E-state index >= 15 is 0 Å². The molecular formula is C13H14ClNO2. The third-order valence-corrected chi connectivity index (χ3v) is 3.06. The van der Waals surface area contributed by atoms with Gasteiger partial charge in [0.1, 0.15) is 11.5 Å². The number of hydrogen-bond acceptors (Lipinski definition) is 3. The molecule has 0 bridgehead atoms. The summed E-state index contributed by atoms with van der Waals surface area (Å²) in [6, 6.07) is 7.30. The second-order valence-electron chi connectivity index (χ2n) is 3.90. The summed E-state index contributed by atoms with van der Waals surface area (Å²) in [5.41, 5.74) is 7.42. The minimum atomic E-state index is 0.363. The van der Waals surface area contributed by atoms with E-state index in [2.05, 4.69) is 0 Å². The smallest absolute Gasteiger partial charge is 0.290 e. The highest BCUT2D eigenvalue weighted by Crippen LogP contribution is 2.29. The number of halogens is 1. The quantitative estimate of drug-likeness (QED) is 0.903. The average Bonchev–Trinajstić information content (AvgIpc) is 2.73. The molecule has 2 aromatic rings. The molecule has 0 radical (unpaired) electrons. The van der Waals surface area contributed by atoms with E-state index in [0.29, 0.717) is 24.0 Å². The van der Waals surface area contributed by atoms with Crippen LogP contribution in [-0.2, 0) is 6.54 Å². The van der Waals surface area contributed by atoms with Gasteiger partial charge in [0.05, 0.1) is 6.54 Å². The number of nitrogens with two attached hydrogens (primary N) is 1.